The van der Waals surface area contributed by atoms with E-state index in [2.05, 4.69) is 23.2 Å². The van der Waals surface area contributed by atoms with Gasteiger partial charge in [0.2, 0.25) is 0 Å². The van der Waals surface area contributed by atoms with E-state index in [-0.39, 0.29) is 18.0 Å². The Morgan fingerprint density at radius 2 is 2.11 bits per heavy atom. The first-order valence-corrected chi connectivity index (χ1v) is 10.9. The van der Waals surface area contributed by atoms with Gasteiger partial charge in [-0.3, -0.25) is 9.59 Å². The molecule has 1 aromatic carbocycles. The van der Waals surface area contributed by atoms with E-state index >= 15 is 0 Å². The van der Waals surface area contributed by atoms with Crippen LogP contribution in [0.2, 0.25) is 0 Å². The standard InChI is InChI=1S/C23H31N3O2/c1-2-25-20-16-18(22(27)24-14-13-17-8-4-3-5-9-17)11-12-19(20)23(28)26-15-7-6-10-21(25)26/h8,11-12,16,21H,2-7,9-10,13-15H2,1H3,(H,24,27)/t21-/m0/s1. The van der Waals surface area contributed by atoms with E-state index in [1.807, 2.05) is 17.0 Å². The average molecular weight is 382 g/mol. The van der Waals surface area contributed by atoms with E-state index < -0.39 is 0 Å². The minimum absolute atomic E-state index is 0.0474. The zero-order valence-corrected chi connectivity index (χ0v) is 16.9. The molecule has 1 aliphatic carbocycles. The quantitative estimate of drug-likeness (QED) is 0.782. The molecule has 3 aliphatic rings. The van der Waals surface area contributed by atoms with Gasteiger partial charge in [-0.15, -0.1) is 0 Å². The molecule has 1 saturated heterocycles. The predicted octanol–water partition coefficient (Wildman–Crippen LogP) is 4.10. The third-order valence-corrected chi connectivity index (χ3v) is 6.35. The van der Waals surface area contributed by atoms with Gasteiger partial charge in [0.05, 0.1) is 11.3 Å². The number of anilines is 1. The summed E-state index contributed by atoms with van der Waals surface area (Å²) < 4.78 is 0. The van der Waals surface area contributed by atoms with Gasteiger partial charge in [0, 0.05) is 25.2 Å². The number of nitrogens with one attached hydrogen (secondary N) is 1. The van der Waals surface area contributed by atoms with Crippen LogP contribution in [0.4, 0.5) is 5.69 Å². The first-order valence-electron chi connectivity index (χ1n) is 10.9. The number of piperidine rings is 1. The van der Waals surface area contributed by atoms with Crippen LogP contribution in [0.15, 0.2) is 29.8 Å². The number of benzene rings is 1. The summed E-state index contributed by atoms with van der Waals surface area (Å²) in [6, 6.07) is 5.55. The van der Waals surface area contributed by atoms with E-state index in [0.29, 0.717) is 12.1 Å². The Kier molecular flexibility index (Phi) is 5.69. The topological polar surface area (TPSA) is 52.7 Å². The minimum Gasteiger partial charge on any atom is -0.352 e. The third kappa shape index (κ3) is 3.67. The lowest BCUT2D eigenvalue weighted by molar-refractivity contribution is 0.0582. The van der Waals surface area contributed by atoms with Crippen molar-refractivity contribution in [3.05, 3.63) is 41.0 Å². The van der Waals surface area contributed by atoms with Gasteiger partial charge in [0.15, 0.2) is 0 Å². The molecule has 28 heavy (non-hydrogen) atoms. The number of hydrogen-bond acceptors (Lipinski definition) is 3. The number of carbonyl (C=O) groups excluding carboxylic acids is 2. The summed E-state index contributed by atoms with van der Waals surface area (Å²) in [5.74, 6) is 0.0642. The van der Waals surface area contributed by atoms with Crippen LogP contribution in [-0.2, 0) is 0 Å². The molecule has 0 radical (unpaired) electrons. The van der Waals surface area contributed by atoms with E-state index in [1.54, 1.807) is 6.07 Å². The Hall–Kier alpha value is -2.30. The molecule has 5 nitrogen and oxygen atoms in total. The number of carbonyl (C=O) groups is 2. The Morgan fingerprint density at radius 3 is 2.89 bits per heavy atom. The number of fused-ring (bicyclic) bond motifs is 2. The second-order valence-electron chi connectivity index (χ2n) is 8.11. The van der Waals surface area contributed by atoms with Gasteiger partial charge < -0.3 is 15.1 Å². The predicted molar refractivity (Wildman–Crippen MR) is 112 cm³/mol. The Balaban J connectivity index is 1.48. The van der Waals surface area contributed by atoms with Gasteiger partial charge in [-0.2, -0.15) is 0 Å². The van der Waals surface area contributed by atoms with Crippen molar-refractivity contribution in [1.29, 1.82) is 0 Å². The molecule has 5 heteroatoms. The maximum Gasteiger partial charge on any atom is 0.257 e. The van der Waals surface area contributed by atoms with E-state index in [4.69, 9.17) is 0 Å². The fraction of sp³-hybridized carbons (Fsp3) is 0.565. The SMILES string of the molecule is CCN1c2cc(C(=O)NCCC3=CCCCC3)ccc2C(=O)N2CCCC[C@H]21. The molecule has 0 saturated carbocycles. The van der Waals surface area contributed by atoms with Crippen molar-refractivity contribution >= 4 is 17.5 Å². The Morgan fingerprint density at radius 1 is 1.21 bits per heavy atom. The Bertz CT molecular complexity index is 786. The fourth-order valence-electron chi connectivity index (χ4n) is 4.83. The highest BCUT2D eigenvalue weighted by Gasteiger charge is 2.38. The molecule has 4 rings (SSSR count). The molecule has 0 spiro atoms. The maximum atomic E-state index is 12.9. The summed E-state index contributed by atoms with van der Waals surface area (Å²) in [6.07, 6.45) is 11.5. The van der Waals surface area contributed by atoms with Crippen LogP contribution in [-0.4, -0.2) is 42.5 Å². The highest BCUT2D eigenvalue weighted by molar-refractivity contribution is 6.04. The number of hydrogen-bond donors (Lipinski definition) is 1. The van der Waals surface area contributed by atoms with Crippen LogP contribution in [0.25, 0.3) is 0 Å². The maximum absolute atomic E-state index is 12.9. The molecule has 1 aromatic rings. The molecule has 0 bridgehead atoms. The monoisotopic (exact) mass is 381 g/mol. The van der Waals surface area contributed by atoms with Crippen molar-refractivity contribution in [3.63, 3.8) is 0 Å². The lowest BCUT2D eigenvalue weighted by atomic mass is 9.96. The molecule has 2 amide bonds. The summed E-state index contributed by atoms with van der Waals surface area (Å²) in [5, 5.41) is 3.06. The van der Waals surface area contributed by atoms with Gasteiger partial charge in [0.1, 0.15) is 6.17 Å². The van der Waals surface area contributed by atoms with Crippen molar-refractivity contribution < 1.29 is 9.59 Å². The molecular weight excluding hydrogens is 350 g/mol. The highest BCUT2D eigenvalue weighted by Crippen LogP contribution is 2.35. The second kappa shape index (κ2) is 8.38. The molecule has 1 atom stereocenters. The van der Waals surface area contributed by atoms with Crippen molar-refractivity contribution in [2.45, 2.75) is 64.5 Å². The third-order valence-electron chi connectivity index (χ3n) is 6.35. The molecular formula is C23H31N3O2. The summed E-state index contributed by atoms with van der Waals surface area (Å²) in [5.41, 5.74) is 3.76. The molecule has 0 unspecified atom stereocenters. The van der Waals surface area contributed by atoms with Crippen molar-refractivity contribution in [1.82, 2.24) is 10.2 Å². The molecule has 2 aliphatic heterocycles. The van der Waals surface area contributed by atoms with Gasteiger partial charge in [0.25, 0.3) is 11.8 Å². The Labute approximate surface area is 167 Å². The van der Waals surface area contributed by atoms with E-state index in [0.717, 1.165) is 50.0 Å². The lowest BCUT2D eigenvalue weighted by Gasteiger charge is -2.47. The second-order valence-corrected chi connectivity index (χ2v) is 8.11. The van der Waals surface area contributed by atoms with Gasteiger partial charge in [-0.05, 0) is 76.5 Å². The van der Waals surface area contributed by atoms with E-state index in [9.17, 15) is 9.59 Å². The van der Waals surface area contributed by atoms with Crippen LogP contribution in [0.3, 0.4) is 0 Å². The van der Waals surface area contributed by atoms with Crippen LogP contribution in [0.1, 0.15) is 79.0 Å². The van der Waals surface area contributed by atoms with Crippen molar-refractivity contribution in [3.8, 4) is 0 Å². The average Bonchev–Trinajstić information content (AvgIpc) is 2.74. The number of nitrogens with zero attached hydrogens (tertiary/aromatic N) is 2. The molecule has 1 N–H and O–H groups in total. The first-order chi connectivity index (χ1) is 13.7. The highest BCUT2D eigenvalue weighted by atomic mass is 16.2. The minimum atomic E-state index is -0.0474. The fourth-order valence-corrected chi connectivity index (χ4v) is 4.83. The van der Waals surface area contributed by atoms with Crippen LogP contribution in [0, 0.1) is 0 Å². The van der Waals surface area contributed by atoms with Crippen LogP contribution in [0.5, 0.6) is 0 Å². The summed E-state index contributed by atoms with van der Waals surface area (Å²) in [7, 11) is 0. The first kappa shape index (κ1) is 19.0. The zero-order chi connectivity index (χ0) is 19.5. The number of amides is 2. The number of allylic oxidation sites excluding steroid dienone is 1. The summed E-state index contributed by atoms with van der Waals surface area (Å²) in [4.78, 5) is 29.9. The lowest BCUT2D eigenvalue weighted by Crippen LogP contribution is -2.57. The van der Waals surface area contributed by atoms with Crippen molar-refractivity contribution in [2.75, 3.05) is 24.5 Å². The number of rotatable bonds is 5. The molecule has 0 aromatic heterocycles. The molecule has 2 heterocycles. The van der Waals surface area contributed by atoms with Crippen LogP contribution < -0.4 is 10.2 Å². The molecule has 1 fully saturated rings. The van der Waals surface area contributed by atoms with E-state index in [1.165, 1.54) is 31.3 Å². The smallest absolute Gasteiger partial charge is 0.257 e. The molecule has 150 valence electrons. The van der Waals surface area contributed by atoms with Gasteiger partial charge in [-0.25, -0.2) is 0 Å². The van der Waals surface area contributed by atoms with Crippen LogP contribution >= 0.6 is 0 Å². The zero-order valence-electron chi connectivity index (χ0n) is 16.9. The largest absolute Gasteiger partial charge is 0.352 e. The van der Waals surface area contributed by atoms with Gasteiger partial charge >= 0.3 is 0 Å². The normalized spacial score (nSPS) is 21.7. The summed E-state index contributed by atoms with van der Waals surface area (Å²) in [6.45, 7) is 4.46. The van der Waals surface area contributed by atoms with Gasteiger partial charge in [-0.1, -0.05) is 11.6 Å². The summed E-state index contributed by atoms with van der Waals surface area (Å²) >= 11 is 0. The van der Waals surface area contributed by atoms with Crippen molar-refractivity contribution in [2.24, 2.45) is 0 Å².